The first kappa shape index (κ1) is 22.6. The largest absolute Gasteiger partial charge is 0.480 e. The number of alkyl carbamates (subject to hydrolysis) is 1. The fraction of sp³-hybridized carbons (Fsp3) is 0.571. The summed E-state index contributed by atoms with van der Waals surface area (Å²) in [5, 5.41) is 14.8. The molecule has 0 radical (unpaired) electrons. The van der Waals surface area contributed by atoms with Gasteiger partial charge in [-0.25, -0.2) is 14.0 Å². The van der Waals surface area contributed by atoms with Crippen molar-refractivity contribution in [3.8, 4) is 0 Å². The zero-order valence-corrected chi connectivity index (χ0v) is 17.1. The summed E-state index contributed by atoms with van der Waals surface area (Å²) in [6.07, 6.45) is 1.34. The van der Waals surface area contributed by atoms with Crippen molar-refractivity contribution in [3.05, 3.63) is 35.6 Å². The molecule has 0 unspecified atom stereocenters. The number of aliphatic carboxylic acids is 1. The average Bonchev–Trinajstić information content (AvgIpc) is 3.04. The van der Waals surface area contributed by atoms with Gasteiger partial charge in [0.05, 0.1) is 0 Å². The number of carboxylic acids is 1. The second-order valence-corrected chi connectivity index (χ2v) is 8.49. The van der Waals surface area contributed by atoms with Crippen molar-refractivity contribution in [2.75, 3.05) is 0 Å². The molecule has 1 aromatic carbocycles. The van der Waals surface area contributed by atoms with Gasteiger partial charge in [-0.2, -0.15) is 0 Å². The number of hydrogen-bond acceptors (Lipinski definition) is 4. The number of amides is 2. The lowest BCUT2D eigenvalue weighted by molar-refractivity contribution is -0.147. The van der Waals surface area contributed by atoms with Crippen LogP contribution in [0, 0.1) is 5.82 Å². The van der Waals surface area contributed by atoms with Gasteiger partial charge in [-0.05, 0) is 51.7 Å². The molecule has 29 heavy (non-hydrogen) atoms. The summed E-state index contributed by atoms with van der Waals surface area (Å²) in [6.45, 7) is 5.13. The van der Waals surface area contributed by atoms with Gasteiger partial charge in [0.15, 0.2) is 0 Å². The third kappa shape index (κ3) is 6.73. The molecular formula is C21H29FN2O5. The van der Waals surface area contributed by atoms with E-state index in [-0.39, 0.29) is 12.8 Å². The summed E-state index contributed by atoms with van der Waals surface area (Å²) < 4.78 is 19.3. The predicted octanol–water partition coefficient (Wildman–Crippen LogP) is 3.17. The van der Waals surface area contributed by atoms with Crippen LogP contribution >= 0.6 is 0 Å². The highest BCUT2D eigenvalue weighted by Gasteiger charge is 2.42. The van der Waals surface area contributed by atoms with E-state index in [1.165, 1.54) is 6.07 Å². The van der Waals surface area contributed by atoms with E-state index in [0.29, 0.717) is 18.4 Å². The number of carbonyl (C=O) groups excluding carboxylic acids is 2. The molecule has 0 spiro atoms. The Balaban J connectivity index is 2.11. The van der Waals surface area contributed by atoms with E-state index < -0.39 is 41.0 Å². The number of carbonyl (C=O) groups is 3. The Hall–Kier alpha value is -2.64. The molecule has 0 aliphatic heterocycles. The molecule has 7 nitrogen and oxygen atoms in total. The van der Waals surface area contributed by atoms with E-state index in [9.17, 15) is 23.9 Å². The second kappa shape index (κ2) is 9.24. The molecule has 1 aliphatic carbocycles. The maximum atomic E-state index is 14.1. The lowest BCUT2D eigenvalue weighted by atomic mass is 9.96. The molecule has 0 aromatic heterocycles. The van der Waals surface area contributed by atoms with Crippen molar-refractivity contribution in [2.24, 2.45) is 0 Å². The molecule has 0 bridgehead atoms. The number of hydrogen-bond donors (Lipinski definition) is 3. The Labute approximate surface area is 170 Å². The summed E-state index contributed by atoms with van der Waals surface area (Å²) in [5.41, 5.74) is -1.66. The van der Waals surface area contributed by atoms with Gasteiger partial charge in [0.2, 0.25) is 5.91 Å². The zero-order chi connectivity index (χ0) is 21.7. The number of ether oxygens (including phenoxy) is 1. The third-order valence-corrected chi connectivity index (χ3v) is 4.82. The summed E-state index contributed by atoms with van der Waals surface area (Å²) in [6, 6.07) is 5.35. The average molecular weight is 408 g/mol. The second-order valence-electron chi connectivity index (χ2n) is 8.49. The van der Waals surface area contributed by atoms with Crippen molar-refractivity contribution >= 4 is 18.0 Å². The van der Waals surface area contributed by atoms with Crippen LogP contribution < -0.4 is 10.6 Å². The lowest BCUT2D eigenvalue weighted by Crippen LogP contribution is -2.54. The van der Waals surface area contributed by atoms with Crippen LogP contribution in [0.3, 0.4) is 0 Å². The SMILES string of the molecule is CC(C)(C)OC(=O)N[C@@H](CC(=O)NC1(C(=O)O)CCCC1)Cc1ccccc1F. The molecule has 1 aromatic rings. The van der Waals surface area contributed by atoms with E-state index in [0.717, 1.165) is 12.8 Å². The normalized spacial score (nSPS) is 16.7. The van der Waals surface area contributed by atoms with Crippen molar-refractivity contribution < 1.29 is 28.6 Å². The first-order valence-corrected chi connectivity index (χ1v) is 9.78. The van der Waals surface area contributed by atoms with Crippen LogP contribution in [-0.2, 0) is 20.7 Å². The minimum atomic E-state index is -1.27. The van der Waals surface area contributed by atoms with Gasteiger partial charge in [0.1, 0.15) is 17.0 Å². The van der Waals surface area contributed by atoms with Crippen LogP contribution in [-0.4, -0.2) is 40.3 Å². The highest BCUT2D eigenvalue weighted by atomic mass is 19.1. The Bertz CT molecular complexity index is 754. The van der Waals surface area contributed by atoms with Crippen molar-refractivity contribution in [2.45, 2.75) is 76.5 Å². The number of benzene rings is 1. The number of halogens is 1. The monoisotopic (exact) mass is 408 g/mol. The maximum absolute atomic E-state index is 14.1. The molecule has 8 heteroatoms. The molecule has 1 saturated carbocycles. The van der Waals surface area contributed by atoms with Crippen molar-refractivity contribution in [1.82, 2.24) is 10.6 Å². The summed E-state index contributed by atoms with van der Waals surface area (Å²) in [4.78, 5) is 36.5. The standard InChI is InChI=1S/C21H29FN2O5/c1-20(2,3)29-19(28)23-15(12-14-8-4-5-9-16(14)22)13-17(25)24-21(18(26)27)10-6-7-11-21/h4-5,8-9,15H,6-7,10-13H2,1-3H3,(H,23,28)(H,24,25)(H,26,27)/t15-/m1/s1. The summed E-state index contributed by atoms with van der Waals surface area (Å²) in [7, 11) is 0. The Morgan fingerprint density at radius 3 is 2.38 bits per heavy atom. The topological polar surface area (TPSA) is 105 Å². The first-order chi connectivity index (χ1) is 13.5. The van der Waals surface area contributed by atoms with Crippen molar-refractivity contribution in [1.29, 1.82) is 0 Å². The minimum Gasteiger partial charge on any atom is -0.480 e. The van der Waals surface area contributed by atoms with E-state index in [1.54, 1.807) is 39.0 Å². The highest BCUT2D eigenvalue weighted by molar-refractivity contribution is 5.87. The van der Waals surface area contributed by atoms with Crippen LogP contribution in [0.1, 0.15) is 58.4 Å². The Morgan fingerprint density at radius 1 is 1.21 bits per heavy atom. The lowest BCUT2D eigenvalue weighted by Gasteiger charge is -2.27. The molecule has 1 aliphatic rings. The fourth-order valence-electron chi connectivity index (χ4n) is 3.49. The first-order valence-electron chi connectivity index (χ1n) is 9.78. The summed E-state index contributed by atoms with van der Waals surface area (Å²) in [5.74, 6) is -2.01. The van der Waals surface area contributed by atoms with Crippen LogP contribution in [0.15, 0.2) is 24.3 Å². The van der Waals surface area contributed by atoms with E-state index in [4.69, 9.17) is 4.74 Å². The molecule has 160 valence electrons. The molecule has 3 N–H and O–H groups in total. The summed E-state index contributed by atoms with van der Waals surface area (Å²) >= 11 is 0. The van der Waals surface area contributed by atoms with Gasteiger partial charge in [-0.1, -0.05) is 31.0 Å². The van der Waals surface area contributed by atoms with Gasteiger partial charge in [-0.3, -0.25) is 4.79 Å². The van der Waals surface area contributed by atoms with Crippen LogP contribution in [0.25, 0.3) is 0 Å². The number of nitrogens with one attached hydrogen (secondary N) is 2. The quantitative estimate of drug-likeness (QED) is 0.643. The minimum absolute atomic E-state index is 0.0689. The molecule has 1 fully saturated rings. The Kier molecular flexibility index (Phi) is 7.21. The van der Waals surface area contributed by atoms with Gasteiger partial charge in [0.25, 0.3) is 0 Å². The van der Waals surface area contributed by atoms with E-state index >= 15 is 0 Å². The zero-order valence-electron chi connectivity index (χ0n) is 17.1. The Morgan fingerprint density at radius 2 is 1.83 bits per heavy atom. The molecular weight excluding hydrogens is 379 g/mol. The van der Waals surface area contributed by atoms with Crippen LogP contribution in [0.4, 0.5) is 9.18 Å². The van der Waals surface area contributed by atoms with Crippen LogP contribution in [0.5, 0.6) is 0 Å². The molecule has 2 amide bonds. The molecule has 1 atom stereocenters. The highest BCUT2D eigenvalue weighted by Crippen LogP contribution is 2.30. The molecule has 2 rings (SSSR count). The number of rotatable bonds is 7. The van der Waals surface area contributed by atoms with E-state index in [2.05, 4.69) is 10.6 Å². The van der Waals surface area contributed by atoms with Crippen LogP contribution in [0.2, 0.25) is 0 Å². The van der Waals surface area contributed by atoms with Crippen molar-refractivity contribution in [3.63, 3.8) is 0 Å². The van der Waals surface area contributed by atoms with Gasteiger partial charge in [0, 0.05) is 12.5 Å². The smallest absolute Gasteiger partial charge is 0.407 e. The molecule has 0 heterocycles. The molecule has 0 saturated heterocycles. The van der Waals surface area contributed by atoms with Gasteiger partial charge >= 0.3 is 12.1 Å². The number of carboxylic acid groups (broad SMARTS) is 1. The van der Waals surface area contributed by atoms with Gasteiger partial charge < -0.3 is 20.5 Å². The van der Waals surface area contributed by atoms with E-state index in [1.807, 2.05) is 0 Å². The van der Waals surface area contributed by atoms with Gasteiger partial charge in [-0.15, -0.1) is 0 Å². The third-order valence-electron chi connectivity index (χ3n) is 4.82. The fourth-order valence-corrected chi connectivity index (χ4v) is 3.49. The maximum Gasteiger partial charge on any atom is 0.407 e. The predicted molar refractivity (Wildman–Crippen MR) is 105 cm³/mol.